The second kappa shape index (κ2) is 7.62. The quantitative estimate of drug-likeness (QED) is 0.738. The molecule has 1 heterocycles. The molecule has 1 N–H and O–H groups in total. The van der Waals surface area contributed by atoms with Gasteiger partial charge in [0.05, 0.1) is 19.2 Å². The maximum atomic E-state index is 12.6. The Bertz CT molecular complexity index is 974. The van der Waals surface area contributed by atoms with Crippen molar-refractivity contribution < 1.29 is 14.6 Å². The topological polar surface area (TPSA) is 60.7 Å². The number of benzene rings is 2. The second-order valence-corrected chi connectivity index (χ2v) is 6.17. The van der Waals surface area contributed by atoms with Gasteiger partial charge < -0.3 is 19.1 Å². The summed E-state index contributed by atoms with van der Waals surface area (Å²) in [6.45, 7) is 4.76. The largest absolute Gasteiger partial charge is 0.497 e. The van der Waals surface area contributed by atoms with Crippen molar-refractivity contribution in [1.29, 1.82) is 0 Å². The van der Waals surface area contributed by atoms with E-state index in [-0.39, 0.29) is 12.0 Å². The van der Waals surface area contributed by atoms with Gasteiger partial charge in [0.25, 0.3) is 0 Å². The van der Waals surface area contributed by atoms with Gasteiger partial charge in [0.2, 0.25) is 0 Å². The molecule has 0 unspecified atom stereocenters. The maximum Gasteiger partial charge on any atom is 0.195 e. The van der Waals surface area contributed by atoms with Crippen LogP contribution in [0.15, 0.2) is 47.4 Å². The SMILES string of the molecule is CCn1cc(CO)c(=O)c2ccc(C)c(OCc3ccc(OC)cc3)c21. The molecule has 3 aromatic rings. The number of ether oxygens (including phenoxy) is 2. The summed E-state index contributed by atoms with van der Waals surface area (Å²) in [5, 5.41) is 10.0. The minimum absolute atomic E-state index is 0.151. The number of hydrogen-bond acceptors (Lipinski definition) is 4. The van der Waals surface area contributed by atoms with Crippen molar-refractivity contribution in [2.75, 3.05) is 7.11 Å². The Labute approximate surface area is 152 Å². The fourth-order valence-corrected chi connectivity index (χ4v) is 3.05. The van der Waals surface area contributed by atoms with E-state index in [0.29, 0.717) is 29.9 Å². The molecule has 0 saturated carbocycles. The van der Waals surface area contributed by atoms with Crippen LogP contribution in [-0.2, 0) is 19.8 Å². The van der Waals surface area contributed by atoms with E-state index < -0.39 is 0 Å². The van der Waals surface area contributed by atoms with Gasteiger partial charge in [0.15, 0.2) is 5.43 Å². The molecule has 0 spiro atoms. The monoisotopic (exact) mass is 353 g/mol. The fourth-order valence-electron chi connectivity index (χ4n) is 3.05. The molecule has 136 valence electrons. The lowest BCUT2D eigenvalue weighted by Gasteiger charge is -2.17. The number of methoxy groups -OCH3 is 1. The molecular weight excluding hydrogens is 330 g/mol. The molecule has 0 fully saturated rings. The molecule has 26 heavy (non-hydrogen) atoms. The molecule has 5 nitrogen and oxygen atoms in total. The van der Waals surface area contributed by atoms with Crippen LogP contribution < -0.4 is 14.9 Å². The zero-order chi connectivity index (χ0) is 18.7. The van der Waals surface area contributed by atoms with Crippen molar-refractivity contribution in [1.82, 2.24) is 4.57 Å². The highest BCUT2D eigenvalue weighted by molar-refractivity contribution is 5.86. The second-order valence-electron chi connectivity index (χ2n) is 6.17. The molecular formula is C21H23NO4. The van der Waals surface area contributed by atoms with Gasteiger partial charge in [-0.05, 0) is 43.2 Å². The third kappa shape index (κ3) is 3.30. The molecule has 0 bridgehead atoms. The Morgan fingerprint density at radius 1 is 1.12 bits per heavy atom. The minimum Gasteiger partial charge on any atom is -0.497 e. The minimum atomic E-state index is -0.273. The smallest absolute Gasteiger partial charge is 0.195 e. The maximum absolute atomic E-state index is 12.6. The van der Waals surface area contributed by atoms with Crippen molar-refractivity contribution in [3.8, 4) is 11.5 Å². The van der Waals surface area contributed by atoms with Crippen LogP contribution in [0.1, 0.15) is 23.6 Å². The number of aryl methyl sites for hydroxylation is 2. The number of aliphatic hydroxyl groups is 1. The van der Waals surface area contributed by atoms with Crippen LogP contribution in [0, 0.1) is 6.92 Å². The average molecular weight is 353 g/mol. The van der Waals surface area contributed by atoms with Gasteiger partial charge in [-0.25, -0.2) is 0 Å². The highest BCUT2D eigenvalue weighted by atomic mass is 16.5. The van der Waals surface area contributed by atoms with Gasteiger partial charge in [-0.1, -0.05) is 18.2 Å². The Hall–Kier alpha value is -2.79. The van der Waals surface area contributed by atoms with Gasteiger partial charge in [0, 0.05) is 23.7 Å². The zero-order valence-electron chi connectivity index (χ0n) is 15.3. The Morgan fingerprint density at radius 2 is 1.85 bits per heavy atom. The Kier molecular flexibility index (Phi) is 5.28. The summed E-state index contributed by atoms with van der Waals surface area (Å²) >= 11 is 0. The van der Waals surface area contributed by atoms with E-state index in [1.807, 2.05) is 48.7 Å². The summed E-state index contributed by atoms with van der Waals surface area (Å²) in [6.07, 6.45) is 1.71. The normalized spacial score (nSPS) is 10.9. The van der Waals surface area contributed by atoms with E-state index in [1.165, 1.54) is 0 Å². The van der Waals surface area contributed by atoms with Crippen LogP contribution in [0.3, 0.4) is 0 Å². The van der Waals surface area contributed by atoms with Gasteiger partial charge in [-0.3, -0.25) is 4.79 Å². The highest BCUT2D eigenvalue weighted by Gasteiger charge is 2.15. The zero-order valence-corrected chi connectivity index (χ0v) is 15.3. The standard InChI is InChI=1S/C21H23NO4/c1-4-22-11-16(12-23)20(24)18-10-5-14(2)21(19(18)22)26-13-15-6-8-17(25-3)9-7-15/h5-11,23H,4,12-13H2,1-3H3. The van der Waals surface area contributed by atoms with E-state index in [1.54, 1.807) is 19.4 Å². The first kappa shape index (κ1) is 18.0. The summed E-state index contributed by atoms with van der Waals surface area (Å²) in [7, 11) is 1.63. The number of nitrogens with zero attached hydrogens (tertiary/aromatic N) is 1. The van der Waals surface area contributed by atoms with Crippen LogP contribution in [0.4, 0.5) is 0 Å². The number of hydrogen-bond donors (Lipinski definition) is 1. The molecule has 0 atom stereocenters. The molecule has 0 aliphatic rings. The first-order valence-electron chi connectivity index (χ1n) is 8.61. The predicted molar refractivity (Wildman–Crippen MR) is 102 cm³/mol. The first-order valence-corrected chi connectivity index (χ1v) is 8.61. The molecule has 0 aliphatic carbocycles. The predicted octanol–water partition coefficient (Wildman–Crippen LogP) is 3.41. The number of fused-ring (bicyclic) bond motifs is 1. The molecule has 3 rings (SSSR count). The number of pyridine rings is 1. The van der Waals surface area contributed by atoms with Gasteiger partial charge in [-0.15, -0.1) is 0 Å². The summed E-state index contributed by atoms with van der Waals surface area (Å²) < 4.78 is 13.2. The lowest BCUT2D eigenvalue weighted by atomic mass is 10.1. The highest BCUT2D eigenvalue weighted by Crippen LogP contribution is 2.29. The summed E-state index contributed by atoms with van der Waals surface area (Å²) in [5.74, 6) is 1.49. The Balaban J connectivity index is 2.05. The third-order valence-electron chi connectivity index (χ3n) is 4.52. The van der Waals surface area contributed by atoms with E-state index in [0.717, 1.165) is 22.4 Å². The van der Waals surface area contributed by atoms with Crippen molar-refractivity contribution in [2.24, 2.45) is 0 Å². The lowest BCUT2D eigenvalue weighted by molar-refractivity contribution is 0.279. The van der Waals surface area contributed by atoms with E-state index in [2.05, 4.69) is 0 Å². The Morgan fingerprint density at radius 3 is 2.46 bits per heavy atom. The molecule has 0 aliphatic heterocycles. The van der Waals surface area contributed by atoms with Crippen LogP contribution in [0.25, 0.3) is 10.9 Å². The van der Waals surface area contributed by atoms with Crippen LogP contribution in [0.2, 0.25) is 0 Å². The van der Waals surface area contributed by atoms with Crippen molar-refractivity contribution in [3.63, 3.8) is 0 Å². The molecule has 2 aromatic carbocycles. The van der Waals surface area contributed by atoms with Gasteiger partial charge >= 0.3 is 0 Å². The average Bonchev–Trinajstić information content (AvgIpc) is 2.68. The van der Waals surface area contributed by atoms with Crippen LogP contribution >= 0.6 is 0 Å². The lowest BCUT2D eigenvalue weighted by Crippen LogP contribution is -2.15. The number of aliphatic hydroxyl groups excluding tert-OH is 1. The van der Waals surface area contributed by atoms with Gasteiger partial charge in [-0.2, -0.15) is 0 Å². The van der Waals surface area contributed by atoms with Gasteiger partial charge in [0.1, 0.15) is 18.1 Å². The molecule has 0 amide bonds. The third-order valence-corrected chi connectivity index (χ3v) is 4.52. The van der Waals surface area contributed by atoms with E-state index in [9.17, 15) is 9.90 Å². The van der Waals surface area contributed by atoms with Crippen molar-refractivity contribution in [3.05, 3.63) is 69.5 Å². The number of aromatic nitrogens is 1. The van der Waals surface area contributed by atoms with Crippen molar-refractivity contribution in [2.45, 2.75) is 33.6 Å². The summed E-state index contributed by atoms with van der Waals surface area (Å²) in [4.78, 5) is 12.6. The molecule has 0 radical (unpaired) electrons. The first-order chi connectivity index (χ1) is 12.6. The number of rotatable bonds is 6. The summed E-state index contributed by atoms with van der Waals surface area (Å²) in [6, 6.07) is 11.4. The fraction of sp³-hybridized carbons (Fsp3) is 0.286. The summed E-state index contributed by atoms with van der Waals surface area (Å²) in [5.41, 5.74) is 2.98. The van der Waals surface area contributed by atoms with Crippen molar-refractivity contribution >= 4 is 10.9 Å². The molecule has 5 heteroatoms. The van der Waals surface area contributed by atoms with Crippen LogP contribution in [-0.4, -0.2) is 16.8 Å². The van der Waals surface area contributed by atoms with E-state index in [4.69, 9.17) is 9.47 Å². The van der Waals surface area contributed by atoms with Crippen LogP contribution in [0.5, 0.6) is 11.5 Å². The van der Waals surface area contributed by atoms with E-state index >= 15 is 0 Å². The molecule has 1 aromatic heterocycles. The molecule has 0 saturated heterocycles.